The summed E-state index contributed by atoms with van der Waals surface area (Å²) < 4.78 is 0. The van der Waals surface area contributed by atoms with E-state index in [1.165, 1.54) is 45.3 Å². The standard InChI is InChI=1S/C13H29N/c1-6-13(5,7-2)11-10-12-14(8-3)9-4/h6-12H2,1-5H3. The van der Waals surface area contributed by atoms with Crippen LogP contribution in [0.1, 0.15) is 60.3 Å². The van der Waals surface area contributed by atoms with Crippen LogP contribution < -0.4 is 0 Å². The van der Waals surface area contributed by atoms with Crippen molar-refractivity contribution in [3.05, 3.63) is 0 Å². The molecule has 0 heterocycles. The summed E-state index contributed by atoms with van der Waals surface area (Å²) in [6.07, 6.45) is 5.39. The molecule has 0 spiro atoms. The molecule has 0 bridgehead atoms. The van der Waals surface area contributed by atoms with Crippen molar-refractivity contribution in [2.45, 2.75) is 60.3 Å². The first-order valence-electron chi connectivity index (χ1n) is 6.34. The summed E-state index contributed by atoms with van der Waals surface area (Å²) >= 11 is 0. The zero-order chi connectivity index (χ0) is 11.0. The number of nitrogens with zero attached hydrogens (tertiary/aromatic N) is 1. The molecule has 0 atom stereocenters. The van der Waals surface area contributed by atoms with Crippen molar-refractivity contribution in [1.82, 2.24) is 4.90 Å². The van der Waals surface area contributed by atoms with Crippen molar-refractivity contribution in [2.24, 2.45) is 5.41 Å². The highest BCUT2D eigenvalue weighted by molar-refractivity contribution is 4.71. The van der Waals surface area contributed by atoms with Crippen molar-refractivity contribution < 1.29 is 0 Å². The van der Waals surface area contributed by atoms with Crippen LogP contribution >= 0.6 is 0 Å². The minimum absolute atomic E-state index is 0.590. The minimum atomic E-state index is 0.590. The molecule has 0 amide bonds. The van der Waals surface area contributed by atoms with Crippen LogP contribution in [0.15, 0.2) is 0 Å². The van der Waals surface area contributed by atoms with Gasteiger partial charge in [-0.05, 0) is 37.9 Å². The van der Waals surface area contributed by atoms with Crippen LogP contribution in [0, 0.1) is 5.41 Å². The number of hydrogen-bond acceptors (Lipinski definition) is 1. The van der Waals surface area contributed by atoms with Crippen LogP contribution in [0.3, 0.4) is 0 Å². The van der Waals surface area contributed by atoms with E-state index in [2.05, 4.69) is 39.5 Å². The first-order valence-corrected chi connectivity index (χ1v) is 6.34. The van der Waals surface area contributed by atoms with E-state index in [0.717, 1.165) is 0 Å². The Hall–Kier alpha value is -0.0400. The van der Waals surface area contributed by atoms with Crippen LogP contribution in [-0.2, 0) is 0 Å². The van der Waals surface area contributed by atoms with Gasteiger partial charge >= 0.3 is 0 Å². The lowest BCUT2D eigenvalue weighted by Crippen LogP contribution is -2.25. The highest BCUT2D eigenvalue weighted by Crippen LogP contribution is 2.30. The van der Waals surface area contributed by atoms with Gasteiger partial charge in [0.05, 0.1) is 0 Å². The van der Waals surface area contributed by atoms with Gasteiger partial charge in [0.2, 0.25) is 0 Å². The molecule has 0 fully saturated rings. The molecule has 0 aliphatic carbocycles. The zero-order valence-electron chi connectivity index (χ0n) is 10.9. The fraction of sp³-hybridized carbons (Fsp3) is 1.00. The quantitative estimate of drug-likeness (QED) is 0.572. The van der Waals surface area contributed by atoms with Crippen LogP contribution in [0.25, 0.3) is 0 Å². The highest BCUT2D eigenvalue weighted by Gasteiger charge is 2.18. The van der Waals surface area contributed by atoms with E-state index in [-0.39, 0.29) is 0 Å². The summed E-state index contributed by atoms with van der Waals surface area (Å²) in [5.41, 5.74) is 0.590. The third-order valence-electron chi connectivity index (χ3n) is 3.86. The Morgan fingerprint density at radius 3 is 1.79 bits per heavy atom. The molecule has 0 radical (unpaired) electrons. The average molecular weight is 199 g/mol. The summed E-state index contributed by atoms with van der Waals surface area (Å²) in [5.74, 6) is 0. The molecule has 1 heteroatoms. The van der Waals surface area contributed by atoms with Gasteiger partial charge in [-0.3, -0.25) is 0 Å². The molecule has 0 aromatic heterocycles. The van der Waals surface area contributed by atoms with E-state index in [1.54, 1.807) is 0 Å². The van der Waals surface area contributed by atoms with E-state index in [1.807, 2.05) is 0 Å². The Morgan fingerprint density at radius 1 is 0.929 bits per heavy atom. The van der Waals surface area contributed by atoms with E-state index >= 15 is 0 Å². The van der Waals surface area contributed by atoms with Crippen LogP contribution in [0.2, 0.25) is 0 Å². The van der Waals surface area contributed by atoms with Gasteiger partial charge in [-0.2, -0.15) is 0 Å². The van der Waals surface area contributed by atoms with Gasteiger partial charge in [-0.1, -0.05) is 47.5 Å². The molecule has 0 unspecified atom stereocenters. The largest absolute Gasteiger partial charge is 0.304 e. The average Bonchev–Trinajstić information content (AvgIpc) is 2.24. The van der Waals surface area contributed by atoms with Gasteiger partial charge in [0, 0.05) is 0 Å². The summed E-state index contributed by atoms with van der Waals surface area (Å²) in [7, 11) is 0. The molecule has 0 aliphatic rings. The molecular formula is C13H29N. The molecule has 86 valence electrons. The third-order valence-corrected chi connectivity index (χ3v) is 3.86. The molecule has 0 N–H and O–H groups in total. The number of rotatable bonds is 8. The Kier molecular flexibility index (Phi) is 7.26. The summed E-state index contributed by atoms with van der Waals surface area (Å²) in [6, 6.07) is 0. The van der Waals surface area contributed by atoms with Crippen molar-refractivity contribution in [3.63, 3.8) is 0 Å². The molecule has 0 saturated carbocycles. The van der Waals surface area contributed by atoms with Crippen molar-refractivity contribution in [1.29, 1.82) is 0 Å². The molecule has 0 rings (SSSR count). The molecule has 1 nitrogen and oxygen atoms in total. The first kappa shape index (κ1) is 14.0. The predicted molar refractivity (Wildman–Crippen MR) is 65.7 cm³/mol. The van der Waals surface area contributed by atoms with Crippen molar-refractivity contribution in [2.75, 3.05) is 19.6 Å². The number of hydrogen-bond donors (Lipinski definition) is 0. The normalized spacial score (nSPS) is 12.4. The van der Waals surface area contributed by atoms with Crippen molar-refractivity contribution >= 4 is 0 Å². The highest BCUT2D eigenvalue weighted by atomic mass is 15.1. The Labute approximate surface area is 90.9 Å². The van der Waals surface area contributed by atoms with Crippen LogP contribution in [-0.4, -0.2) is 24.5 Å². The monoisotopic (exact) mass is 199 g/mol. The second kappa shape index (κ2) is 7.28. The van der Waals surface area contributed by atoms with E-state index in [9.17, 15) is 0 Å². The van der Waals surface area contributed by atoms with Gasteiger partial charge in [-0.15, -0.1) is 0 Å². The van der Waals surface area contributed by atoms with Crippen LogP contribution in [0.4, 0.5) is 0 Å². The van der Waals surface area contributed by atoms with E-state index in [4.69, 9.17) is 0 Å². The predicted octanol–water partition coefficient (Wildman–Crippen LogP) is 3.93. The zero-order valence-corrected chi connectivity index (χ0v) is 10.9. The lowest BCUT2D eigenvalue weighted by atomic mass is 9.80. The maximum absolute atomic E-state index is 2.52. The van der Waals surface area contributed by atoms with Gasteiger partial charge in [0.1, 0.15) is 0 Å². The lowest BCUT2D eigenvalue weighted by Gasteiger charge is -2.28. The fourth-order valence-corrected chi connectivity index (χ4v) is 1.87. The first-order chi connectivity index (χ1) is 6.61. The summed E-state index contributed by atoms with van der Waals surface area (Å²) in [4.78, 5) is 2.52. The third kappa shape index (κ3) is 4.99. The molecular weight excluding hydrogens is 170 g/mol. The maximum atomic E-state index is 2.52. The van der Waals surface area contributed by atoms with Gasteiger partial charge in [0.15, 0.2) is 0 Å². The minimum Gasteiger partial charge on any atom is -0.304 e. The Balaban J connectivity index is 3.70. The summed E-state index contributed by atoms with van der Waals surface area (Å²) in [6.45, 7) is 15.3. The van der Waals surface area contributed by atoms with Gasteiger partial charge in [-0.25, -0.2) is 0 Å². The van der Waals surface area contributed by atoms with Crippen LogP contribution in [0.5, 0.6) is 0 Å². The van der Waals surface area contributed by atoms with E-state index < -0.39 is 0 Å². The topological polar surface area (TPSA) is 3.24 Å². The Morgan fingerprint density at radius 2 is 1.43 bits per heavy atom. The van der Waals surface area contributed by atoms with Crippen molar-refractivity contribution in [3.8, 4) is 0 Å². The fourth-order valence-electron chi connectivity index (χ4n) is 1.87. The molecule has 0 aromatic rings. The van der Waals surface area contributed by atoms with Gasteiger partial charge < -0.3 is 4.90 Å². The molecule has 0 aliphatic heterocycles. The van der Waals surface area contributed by atoms with E-state index in [0.29, 0.717) is 5.41 Å². The maximum Gasteiger partial charge on any atom is -0.00188 e. The SMILES string of the molecule is CCN(CC)CCCC(C)(CC)CC. The Bertz CT molecular complexity index is 123. The second-order valence-corrected chi connectivity index (χ2v) is 4.65. The van der Waals surface area contributed by atoms with Gasteiger partial charge in [0.25, 0.3) is 0 Å². The summed E-state index contributed by atoms with van der Waals surface area (Å²) in [5, 5.41) is 0. The molecule has 0 aromatic carbocycles. The smallest absolute Gasteiger partial charge is 0.00188 e. The molecule has 14 heavy (non-hydrogen) atoms. The second-order valence-electron chi connectivity index (χ2n) is 4.65. The molecule has 0 saturated heterocycles. The lowest BCUT2D eigenvalue weighted by molar-refractivity contribution is 0.230.